The SMILES string of the molecule is COC(=O)c1ccc([N+](=O)[O-])cc1NC(=O)Cc1ccc(Oc2ccc(OCc3ccccc3)cc2)nc1. The van der Waals surface area contributed by atoms with Crippen molar-refractivity contribution in [3.05, 3.63) is 118 Å². The summed E-state index contributed by atoms with van der Waals surface area (Å²) in [4.78, 5) is 39.3. The van der Waals surface area contributed by atoms with Crippen molar-refractivity contribution in [2.75, 3.05) is 12.4 Å². The molecule has 1 heterocycles. The Morgan fingerprint density at radius 2 is 1.66 bits per heavy atom. The van der Waals surface area contributed by atoms with Gasteiger partial charge in [-0.05, 0) is 41.5 Å². The van der Waals surface area contributed by atoms with Gasteiger partial charge in [-0.15, -0.1) is 0 Å². The number of amides is 1. The maximum absolute atomic E-state index is 12.6. The second-order valence-electron chi connectivity index (χ2n) is 8.06. The van der Waals surface area contributed by atoms with Gasteiger partial charge in [-0.2, -0.15) is 0 Å². The van der Waals surface area contributed by atoms with E-state index in [2.05, 4.69) is 15.0 Å². The van der Waals surface area contributed by atoms with Gasteiger partial charge in [0.25, 0.3) is 5.69 Å². The van der Waals surface area contributed by atoms with Gasteiger partial charge in [0.15, 0.2) is 0 Å². The first-order valence-corrected chi connectivity index (χ1v) is 11.5. The predicted octanol–water partition coefficient (Wildman–Crippen LogP) is 5.33. The van der Waals surface area contributed by atoms with E-state index in [0.29, 0.717) is 29.5 Å². The van der Waals surface area contributed by atoms with Crippen LogP contribution in [0.15, 0.2) is 91.1 Å². The highest BCUT2D eigenvalue weighted by Crippen LogP contribution is 2.25. The van der Waals surface area contributed by atoms with Crippen molar-refractivity contribution in [2.45, 2.75) is 13.0 Å². The number of carbonyl (C=O) groups is 2. The molecule has 0 atom stereocenters. The van der Waals surface area contributed by atoms with Crippen molar-refractivity contribution in [2.24, 2.45) is 0 Å². The van der Waals surface area contributed by atoms with Crippen molar-refractivity contribution in [3.8, 4) is 17.4 Å². The fraction of sp³-hybridized carbons (Fsp3) is 0.107. The first-order chi connectivity index (χ1) is 18.4. The number of nitrogens with one attached hydrogen (secondary N) is 1. The average molecular weight is 514 g/mol. The molecule has 0 bridgehead atoms. The van der Waals surface area contributed by atoms with E-state index in [1.54, 1.807) is 36.4 Å². The van der Waals surface area contributed by atoms with E-state index in [4.69, 9.17) is 9.47 Å². The Kier molecular flexibility index (Phi) is 8.25. The van der Waals surface area contributed by atoms with Gasteiger partial charge in [-0.3, -0.25) is 14.9 Å². The van der Waals surface area contributed by atoms with Gasteiger partial charge in [-0.25, -0.2) is 9.78 Å². The van der Waals surface area contributed by atoms with Crippen LogP contribution in [-0.4, -0.2) is 28.9 Å². The second kappa shape index (κ2) is 12.1. The average Bonchev–Trinajstić information content (AvgIpc) is 2.93. The minimum absolute atomic E-state index is 0.00445. The fourth-order valence-electron chi connectivity index (χ4n) is 3.46. The largest absolute Gasteiger partial charge is 0.489 e. The molecule has 4 aromatic rings. The Morgan fingerprint density at radius 1 is 0.921 bits per heavy atom. The Bertz CT molecular complexity index is 1420. The first-order valence-electron chi connectivity index (χ1n) is 11.5. The third kappa shape index (κ3) is 6.91. The molecule has 4 rings (SSSR count). The van der Waals surface area contributed by atoms with Crippen LogP contribution in [0.2, 0.25) is 0 Å². The van der Waals surface area contributed by atoms with E-state index in [1.807, 2.05) is 30.3 Å². The molecule has 0 radical (unpaired) electrons. The van der Waals surface area contributed by atoms with Crippen LogP contribution in [0.25, 0.3) is 0 Å². The first kappa shape index (κ1) is 25.8. The van der Waals surface area contributed by atoms with Crippen molar-refractivity contribution in [1.29, 1.82) is 0 Å². The number of carbonyl (C=O) groups excluding carboxylic acids is 2. The van der Waals surface area contributed by atoms with E-state index in [9.17, 15) is 19.7 Å². The van der Waals surface area contributed by atoms with Gasteiger partial charge < -0.3 is 19.5 Å². The molecule has 1 amide bonds. The maximum Gasteiger partial charge on any atom is 0.339 e. The number of esters is 1. The molecule has 0 aliphatic carbocycles. The lowest BCUT2D eigenvalue weighted by Gasteiger charge is -2.10. The minimum Gasteiger partial charge on any atom is -0.489 e. The van der Waals surface area contributed by atoms with E-state index < -0.39 is 16.8 Å². The van der Waals surface area contributed by atoms with Gasteiger partial charge in [0.05, 0.1) is 29.7 Å². The smallest absolute Gasteiger partial charge is 0.339 e. The molecule has 10 heteroatoms. The number of pyridine rings is 1. The van der Waals surface area contributed by atoms with Crippen molar-refractivity contribution >= 4 is 23.3 Å². The predicted molar refractivity (Wildman–Crippen MR) is 138 cm³/mol. The highest BCUT2D eigenvalue weighted by molar-refractivity contribution is 6.02. The number of nitrogens with zero attached hydrogens (tertiary/aromatic N) is 2. The van der Waals surface area contributed by atoms with Gasteiger partial charge in [0.1, 0.15) is 18.1 Å². The van der Waals surface area contributed by atoms with Crippen molar-refractivity contribution in [3.63, 3.8) is 0 Å². The van der Waals surface area contributed by atoms with E-state index in [1.165, 1.54) is 19.4 Å². The number of rotatable bonds is 10. The topological polar surface area (TPSA) is 130 Å². The Labute approximate surface area is 218 Å². The van der Waals surface area contributed by atoms with E-state index in [-0.39, 0.29) is 23.4 Å². The van der Waals surface area contributed by atoms with Gasteiger partial charge in [0, 0.05) is 24.4 Å². The summed E-state index contributed by atoms with van der Waals surface area (Å²) in [6.07, 6.45) is 1.41. The van der Waals surface area contributed by atoms with Gasteiger partial charge in [-0.1, -0.05) is 36.4 Å². The van der Waals surface area contributed by atoms with Gasteiger partial charge in [0.2, 0.25) is 11.8 Å². The number of anilines is 1. The summed E-state index contributed by atoms with van der Waals surface area (Å²) in [5.41, 5.74) is 1.36. The van der Waals surface area contributed by atoms with Crippen molar-refractivity contribution in [1.82, 2.24) is 4.98 Å². The summed E-state index contributed by atoms with van der Waals surface area (Å²) < 4.78 is 16.2. The van der Waals surface area contributed by atoms with Crippen LogP contribution in [-0.2, 0) is 22.6 Å². The number of non-ortho nitro benzene ring substituents is 1. The van der Waals surface area contributed by atoms with Crippen LogP contribution < -0.4 is 14.8 Å². The number of nitro groups is 1. The summed E-state index contributed by atoms with van der Waals surface area (Å²) in [5.74, 6) is 0.385. The number of benzene rings is 3. The fourth-order valence-corrected chi connectivity index (χ4v) is 3.46. The van der Waals surface area contributed by atoms with Gasteiger partial charge >= 0.3 is 5.97 Å². The summed E-state index contributed by atoms with van der Waals surface area (Å²) in [5, 5.41) is 13.6. The zero-order valence-corrected chi connectivity index (χ0v) is 20.3. The minimum atomic E-state index is -0.728. The third-order valence-electron chi connectivity index (χ3n) is 5.35. The number of ether oxygens (including phenoxy) is 3. The quantitative estimate of drug-likeness (QED) is 0.171. The lowest BCUT2D eigenvalue weighted by molar-refractivity contribution is -0.384. The molecule has 0 spiro atoms. The van der Waals surface area contributed by atoms with E-state index in [0.717, 1.165) is 17.7 Å². The molecule has 0 saturated carbocycles. The number of nitro benzene ring substituents is 1. The molecule has 0 fully saturated rings. The van der Waals surface area contributed by atoms with Crippen molar-refractivity contribution < 1.29 is 28.7 Å². The maximum atomic E-state index is 12.6. The van der Waals surface area contributed by atoms with Crippen LogP contribution in [0.1, 0.15) is 21.5 Å². The molecule has 38 heavy (non-hydrogen) atoms. The third-order valence-corrected chi connectivity index (χ3v) is 5.35. The molecule has 10 nitrogen and oxygen atoms in total. The number of hydrogen-bond donors (Lipinski definition) is 1. The van der Waals surface area contributed by atoms with E-state index >= 15 is 0 Å². The molecular formula is C28H23N3O7. The summed E-state index contributed by atoms with van der Waals surface area (Å²) in [7, 11) is 1.18. The monoisotopic (exact) mass is 513 g/mol. The standard InChI is InChI=1S/C28H23N3O7/c1-36-28(33)24-13-8-21(31(34)35)16-25(24)30-26(32)15-20-7-14-27(29-17-20)38-23-11-9-22(10-12-23)37-18-19-5-3-2-4-6-19/h2-14,16-17H,15,18H2,1H3,(H,30,32). The van der Waals surface area contributed by atoms with Crippen LogP contribution in [0.3, 0.4) is 0 Å². The Hall–Kier alpha value is -5.25. The number of hydrogen-bond acceptors (Lipinski definition) is 8. The van der Waals surface area contributed by atoms with Crippen LogP contribution >= 0.6 is 0 Å². The molecule has 1 aromatic heterocycles. The molecule has 0 saturated heterocycles. The number of aromatic nitrogens is 1. The van der Waals surface area contributed by atoms with Crippen LogP contribution in [0.5, 0.6) is 17.4 Å². The number of methoxy groups -OCH3 is 1. The molecule has 0 aliphatic rings. The lowest BCUT2D eigenvalue weighted by Crippen LogP contribution is -2.17. The molecule has 1 N–H and O–H groups in total. The molecule has 0 unspecified atom stereocenters. The summed E-state index contributed by atoms with van der Waals surface area (Å²) in [6.45, 7) is 0.461. The molecule has 0 aliphatic heterocycles. The Morgan fingerprint density at radius 3 is 2.32 bits per heavy atom. The lowest BCUT2D eigenvalue weighted by atomic mass is 10.1. The highest BCUT2D eigenvalue weighted by atomic mass is 16.6. The highest BCUT2D eigenvalue weighted by Gasteiger charge is 2.18. The van der Waals surface area contributed by atoms with Crippen LogP contribution in [0, 0.1) is 10.1 Å². The molecule has 3 aromatic carbocycles. The zero-order valence-electron chi connectivity index (χ0n) is 20.3. The summed E-state index contributed by atoms with van der Waals surface area (Å²) in [6, 6.07) is 23.8. The molecular weight excluding hydrogens is 490 g/mol. The summed E-state index contributed by atoms with van der Waals surface area (Å²) >= 11 is 0. The molecule has 192 valence electrons. The second-order valence-corrected chi connectivity index (χ2v) is 8.06. The zero-order chi connectivity index (χ0) is 26.9. The normalized spacial score (nSPS) is 10.3. The Balaban J connectivity index is 1.33. The van der Waals surface area contributed by atoms with Crippen LogP contribution in [0.4, 0.5) is 11.4 Å².